The van der Waals surface area contributed by atoms with E-state index in [0.717, 1.165) is 6.54 Å². The molecule has 0 bridgehead atoms. The number of fused-ring (bicyclic) bond motifs is 1. The Labute approximate surface area is 86.5 Å². The smallest absolute Gasteiger partial charge is 0.0205 e. The number of nitrogens with one attached hydrogen (secondary N) is 1. The lowest BCUT2D eigenvalue weighted by Crippen LogP contribution is -2.12. The monoisotopic (exact) mass is 189 g/mol. The van der Waals surface area contributed by atoms with Gasteiger partial charge in [0.05, 0.1) is 0 Å². The molecule has 1 N–H and O–H groups in total. The molecule has 0 fully saturated rings. The summed E-state index contributed by atoms with van der Waals surface area (Å²) in [6.45, 7) is 3.22. The van der Waals surface area contributed by atoms with Gasteiger partial charge in [-0.25, -0.2) is 0 Å². The van der Waals surface area contributed by atoms with Crippen molar-refractivity contribution in [2.45, 2.75) is 39.2 Å². The molecule has 0 radical (unpaired) electrons. The van der Waals surface area contributed by atoms with Gasteiger partial charge in [0.2, 0.25) is 0 Å². The molecular weight excluding hydrogens is 170 g/mol. The summed E-state index contributed by atoms with van der Waals surface area (Å²) >= 11 is 0. The highest BCUT2D eigenvalue weighted by molar-refractivity contribution is 5.40. The summed E-state index contributed by atoms with van der Waals surface area (Å²) in [5, 5.41) is 3.26. The lowest BCUT2D eigenvalue weighted by molar-refractivity contribution is 0.670. The highest BCUT2D eigenvalue weighted by atomic mass is 14.8. The second-order valence-corrected chi connectivity index (χ2v) is 4.30. The fourth-order valence-corrected chi connectivity index (χ4v) is 2.48. The minimum Gasteiger partial charge on any atom is -0.316 e. The molecule has 0 amide bonds. The van der Waals surface area contributed by atoms with Crippen molar-refractivity contribution in [1.29, 1.82) is 0 Å². The summed E-state index contributed by atoms with van der Waals surface area (Å²) in [4.78, 5) is 0. The maximum Gasteiger partial charge on any atom is 0.0205 e. The van der Waals surface area contributed by atoms with E-state index in [1.807, 2.05) is 7.05 Å². The van der Waals surface area contributed by atoms with Gasteiger partial charge >= 0.3 is 0 Å². The number of hydrogen-bond donors (Lipinski definition) is 1. The number of rotatable bonds is 2. The normalized spacial score (nSPS) is 15.3. The Bertz CT molecular complexity index is 328. The SMILES string of the molecule is CNCc1cc(C)cc2c1CCCC2. The largest absolute Gasteiger partial charge is 0.316 e. The van der Waals surface area contributed by atoms with E-state index in [1.165, 1.54) is 36.8 Å². The summed E-state index contributed by atoms with van der Waals surface area (Å²) < 4.78 is 0. The average molecular weight is 189 g/mol. The van der Waals surface area contributed by atoms with E-state index in [2.05, 4.69) is 24.4 Å². The number of benzene rings is 1. The van der Waals surface area contributed by atoms with Crippen molar-refractivity contribution < 1.29 is 0 Å². The zero-order valence-corrected chi connectivity index (χ0v) is 9.19. The predicted molar refractivity (Wildman–Crippen MR) is 60.6 cm³/mol. The van der Waals surface area contributed by atoms with Crippen LogP contribution in [0, 0.1) is 6.92 Å². The van der Waals surface area contributed by atoms with E-state index >= 15 is 0 Å². The molecule has 14 heavy (non-hydrogen) atoms. The molecule has 0 heterocycles. The van der Waals surface area contributed by atoms with Crippen LogP contribution in [0.2, 0.25) is 0 Å². The summed E-state index contributed by atoms with van der Waals surface area (Å²) in [5.41, 5.74) is 6.15. The second-order valence-electron chi connectivity index (χ2n) is 4.30. The molecule has 0 unspecified atom stereocenters. The van der Waals surface area contributed by atoms with Gasteiger partial charge in [0.1, 0.15) is 0 Å². The third-order valence-electron chi connectivity index (χ3n) is 3.07. The number of aryl methyl sites for hydroxylation is 2. The first-order valence-electron chi connectivity index (χ1n) is 5.57. The molecule has 0 aliphatic heterocycles. The van der Waals surface area contributed by atoms with Crippen LogP contribution in [0.3, 0.4) is 0 Å². The molecule has 2 rings (SSSR count). The van der Waals surface area contributed by atoms with Gasteiger partial charge in [-0.3, -0.25) is 0 Å². The molecule has 1 aromatic carbocycles. The Hall–Kier alpha value is -0.820. The summed E-state index contributed by atoms with van der Waals surface area (Å²) in [6.07, 6.45) is 5.31. The molecule has 0 saturated carbocycles. The van der Waals surface area contributed by atoms with Gasteiger partial charge in [-0.05, 0) is 56.3 Å². The summed E-state index contributed by atoms with van der Waals surface area (Å²) in [7, 11) is 2.03. The van der Waals surface area contributed by atoms with E-state index in [4.69, 9.17) is 0 Å². The standard InChI is InChI=1S/C13H19N/c1-10-7-11-5-3-4-6-13(11)12(8-10)9-14-2/h7-8,14H,3-6,9H2,1-2H3. The van der Waals surface area contributed by atoms with Crippen LogP contribution in [-0.2, 0) is 19.4 Å². The molecule has 1 nitrogen and oxygen atoms in total. The van der Waals surface area contributed by atoms with Gasteiger partial charge in [0, 0.05) is 6.54 Å². The van der Waals surface area contributed by atoms with E-state index in [1.54, 1.807) is 11.1 Å². The predicted octanol–water partition coefficient (Wildman–Crippen LogP) is 2.59. The highest BCUT2D eigenvalue weighted by Crippen LogP contribution is 2.25. The van der Waals surface area contributed by atoms with Gasteiger partial charge in [0.25, 0.3) is 0 Å². The van der Waals surface area contributed by atoms with Crippen LogP contribution in [0.5, 0.6) is 0 Å². The second kappa shape index (κ2) is 4.14. The first kappa shape index (κ1) is 9.72. The average Bonchev–Trinajstić information content (AvgIpc) is 2.18. The van der Waals surface area contributed by atoms with Crippen LogP contribution < -0.4 is 5.32 Å². The van der Waals surface area contributed by atoms with Crippen LogP contribution in [0.25, 0.3) is 0 Å². The van der Waals surface area contributed by atoms with Crippen LogP contribution in [0.4, 0.5) is 0 Å². The molecule has 76 valence electrons. The first-order valence-corrected chi connectivity index (χ1v) is 5.57. The molecule has 1 aromatic rings. The van der Waals surface area contributed by atoms with Crippen LogP contribution >= 0.6 is 0 Å². The molecular formula is C13H19N. The summed E-state index contributed by atoms with van der Waals surface area (Å²) in [5.74, 6) is 0. The zero-order valence-electron chi connectivity index (χ0n) is 9.19. The molecule has 1 heteroatoms. The Morgan fingerprint density at radius 2 is 2.00 bits per heavy atom. The lowest BCUT2D eigenvalue weighted by atomic mass is 9.87. The molecule has 0 spiro atoms. The Morgan fingerprint density at radius 1 is 1.21 bits per heavy atom. The van der Waals surface area contributed by atoms with Gasteiger partial charge < -0.3 is 5.32 Å². The molecule has 0 atom stereocenters. The van der Waals surface area contributed by atoms with Gasteiger partial charge in [0.15, 0.2) is 0 Å². The zero-order chi connectivity index (χ0) is 9.97. The van der Waals surface area contributed by atoms with Crippen LogP contribution in [0.1, 0.15) is 35.1 Å². The third-order valence-corrected chi connectivity index (χ3v) is 3.07. The highest BCUT2D eigenvalue weighted by Gasteiger charge is 2.12. The minimum atomic E-state index is 1.02. The van der Waals surface area contributed by atoms with Crippen molar-refractivity contribution in [2.75, 3.05) is 7.05 Å². The maximum absolute atomic E-state index is 3.26. The van der Waals surface area contributed by atoms with Crippen LogP contribution in [-0.4, -0.2) is 7.05 Å². The van der Waals surface area contributed by atoms with E-state index in [0.29, 0.717) is 0 Å². The van der Waals surface area contributed by atoms with Crippen molar-refractivity contribution in [3.05, 3.63) is 34.4 Å². The Balaban J connectivity index is 2.41. The topological polar surface area (TPSA) is 12.0 Å². The molecule has 1 aliphatic carbocycles. The van der Waals surface area contributed by atoms with Gasteiger partial charge in [-0.2, -0.15) is 0 Å². The fourth-order valence-electron chi connectivity index (χ4n) is 2.48. The van der Waals surface area contributed by atoms with Gasteiger partial charge in [-0.1, -0.05) is 17.7 Å². The van der Waals surface area contributed by atoms with Crippen molar-refractivity contribution >= 4 is 0 Å². The quantitative estimate of drug-likeness (QED) is 0.754. The maximum atomic E-state index is 3.26. The minimum absolute atomic E-state index is 1.02. The third kappa shape index (κ3) is 1.83. The number of hydrogen-bond acceptors (Lipinski definition) is 1. The Kier molecular flexibility index (Phi) is 2.87. The lowest BCUT2D eigenvalue weighted by Gasteiger charge is -2.20. The molecule has 0 aromatic heterocycles. The van der Waals surface area contributed by atoms with Crippen molar-refractivity contribution in [1.82, 2.24) is 5.32 Å². The van der Waals surface area contributed by atoms with E-state index in [9.17, 15) is 0 Å². The van der Waals surface area contributed by atoms with Crippen molar-refractivity contribution in [2.24, 2.45) is 0 Å². The van der Waals surface area contributed by atoms with Crippen LogP contribution in [0.15, 0.2) is 12.1 Å². The fraction of sp³-hybridized carbons (Fsp3) is 0.538. The van der Waals surface area contributed by atoms with Crippen molar-refractivity contribution in [3.63, 3.8) is 0 Å². The summed E-state index contributed by atoms with van der Waals surface area (Å²) in [6, 6.07) is 4.70. The molecule has 1 aliphatic rings. The molecule has 0 saturated heterocycles. The van der Waals surface area contributed by atoms with Crippen molar-refractivity contribution in [3.8, 4) is 0 Å². The first-order chi connectivity index (χ1) is 6.81. The Morgan fingerprint density at radius 3 is 2.79 bits per heavy atom. The van der Waals surface area contributed by atoms with E-state index < -0.39 is 0 Å². The van der Waals surface area contributed by atoms with Gasteiger partial charge in [-0.15, -0.1) is 0 Å². The van der Waals surface area contributed by atoms with E-state index in [-0.39, 0.29) is 0 Å².